The van der Waals surface area contributed by atoms with E-state index in [0.29, 0.717) is 0 Å². The fraction of sp³-hybridized carbons (Fsp3) is 0. The first-order valence-corrected chi connectivity index (χ1v) is 5.65. The van der Waals surface area contributed by atoms with Crippen molar-refractivity contribution in [1.82, 2.24) is 0 Å². The summed E-state index contributed by atoms with van der Waals surface area (Å²) in [7, 11) is -4.30. The van der Waals surface area contributed by atoms with Crippen LogP contribution >= 0.6 is 23.2 Å². The molecule has 0 saturated carbocycles. The van der Waals surface area contributed by atoms with Crippen LogP contribution in [-0.4, -0.2) is 13.0 Å². The SMILES string of the molecule is C=Cc1c(S(=O)(=O)O)ccc(Cl)c1Cl. The van der Waals surface area contributed by atoms with Gasteiger partial charge in [-0.15, -0.1) is 0 Å². The highest BCUT2D eigenvalue weighted by Gasteiger charge is 2.17. The molecule has 0 bridgehead atoms. The van der Waals surface area contributed by atoms with E-state index in [1.165, 1.54) is 18.2 Å². The topological polar surface area (TPSA) is 54.4 Å². The van der Waals surface area contributed by atoms with Crippen molar-refractivity contribution in [3.63, 3.8) is 0 Å². The lowest BCUT2D eigenvalue weighted by molar-refractivity contribution is 0.483. The summed E-state index contributed by atoms with van der Waals surface area (Å²) in [5, 5.41) is 0.255. The van der Waals surface area contributed by atoms with Gasteiger partial charge in [-0.2, -0.15) is 8.42 Å². The highest BCUT2D eigenvalue weighted by atomic mass is 35.5. The number of hydrogen-bond donors (Lipinski definition) is 1. The summed E-state index contributed by atoms with van der Waals surface area (Å²) in [6, 6.07) is 2.46. The van der Waals surface area contributed by atoms with E-state index < -0.39 is 10.1 Å². The molecule has 0 saturated heterocycles. The molecular weight excluding hydrogens is 247 g/mol. The van der Waals surface area contributed by atoms with Gasteiger partial charge in [0.25, 0.3) is 10.1 Å². The molecule has 76 valence electrons. The lowest BCUT2D eigenvalue weighted by Crippen LogP contribution is -2.01. The summed E-state index contributed by atoms with van der Waals surface area (Å²) in [4.78, 5) is -0.304. The third-order valence-electron chi connectivity index (χ3n) is 1.57. The van der Waals surface area contributed by atoms with E-state index >= 15 is 0 Å². The van der Waals surface area contributed by atoms with E-state index in [-0.39, 0.29) is 20.5 Å². The third-order valence-corrected chi connectivity index (χ3v) is 3.31. The van der Waals surface area contributed by atoms with Crippen LogP contribution in [0.3, 0.4) is 0 Å². The Morgan fingerprint density at radius 2 is 1.93 bits per heavy atom. The zero-order valence-electron chi connectivity index (χ0n) is 6.87. The van der Waals surface area contributed by atoms with Crippen molar-refractivity contribution in [3.8, 4) is 0 Å². The average Bonchev–Trinajstić information content (AvgIpc) is 2.07. The molecule has 0 aromatic heterocycles. The second kappa shape index (κ2) is 3.90. The molecule has 0 spiro atoms. The van der Waals surface area contributed by atoms with E-state index in [1.807, 2.05) is 0 Å². The molecule has 14 heavy (non-hydrogen) atoms. The summed E-state index contributed by atoms with van der Waals surface area (Å²) in [5.41, 5.74) is 0.0988. The van der Waals surface area contributed by atoms with Gasteiger partial charge in [-0.1, -0.05) is 35.9 Å². The van der Waals surface area contributed by atoms with Crippen LogP contribution in [0.1, 0.15) is 5.56 Å². The summed E-state index contributed by atoms with van der Waals surface area (Å²) in [6.45, 7) is 3.39. The van der Waals surface area contributed by atoms with Crippen LogP contribution in [0.2, 0.25) is 10.0 Å². The molecule has 0 radical (unpaired) electrons. The molecule has 0 amide bonds. The molecule has 0 atom stereocenters. The first kappa shape index (κ1) is 11.5. The Morgan fingerprint density at radius 3 is 2.36 bits per heavy atom. The van der Waals surface area contributed by atoms with Gasteiger partial charge in [0, 0.05) is 5.56 Å². The van der Waals surface area contributed by atoms with Crippen LogP contribution in [0.15, 0.2) is 23.6 Å². The zero-order chi connectivity index (χ0) is 10.9. The Morgan fingerprint density at radius 1 is 1.36 bits per heavy atom. The molecular formula is C8H6Cl2O3S. The second-order valence-corrected chi connectivity index (χ2v) is 4.63. The van der Waals surface area contributed by atoms with Crippen LogP contribution in [0.4, 0.5) is 0 Å². The smallest absolute Gasteiger partial charge is 0.282 e. The first-order chi connectivity index (χ1) is 6.38. The van der Waals surface area contributed by atoms with Gasteiger partial charge in [0.15, 0.2) is 0 Å². The van der Waals surface area contributed by atoms with Gasteiger partial charge in [-0.3, -0.25) is 4.55 Å². The van der Waals surface area contributed by atoms with E-state index in [9.17, 15) is 8.42 Å². The lowest BCUT2D eigenvalue weighted by Gasteiger charge is -2.05. The zero-order valence-corrected chi connectivity index (χ0v) is 9.20. The van der Waals surface area contributed by atoms with E-state index in [2.05, 4.69) is 6.58 Å². The van der Waals surface area contributed by atoms with E-state index in [1.54, 1.807) is 0 Å². The van der Waals surface area contributed by atoms with Crippen molar-refractivity contribution >= 4 is 39.4 Å². The van der Waals surface area contributed by atoms with Crippen molar-refractivity contribution in [3.05, 3.63) is 34.3 Å². The van der Waals surface area contributed by atoms with Gasteiger partial charge in [0.1, 0.15) is 4.90 Å². The molecule has 3 nitrogen and oxygen atoms in total. The van der Waals surface area contributed by atoms with Gasteiger partial charge in [0.2, 0.25) is 0 Å². The molecule has 0 aliphatic heterocycles. The summed E-state index contributed by atoms with van der Waals surface area (Å²) in [5.74, 6) is 0. The minimum atomic E-state index is -4.30. The number of halogens is 2. The molecule has 0 heterocycles. The Labute approximate surface area is 91.7 Å². The number of rotatable bonds is 2. The van der Waals surface area contributed by atoms with Crippen molar-refractivity contribution in [2.45, 2.75) is 4.90 Å². The largest absolute Gasteiger partial charge is 0.295 e. The van der Waals surface area contributed by atoms with Gasteiger partial charge in [-0.25, -0.2) is 0 Å². The molecule has 0 unspecified atom stereocenters. The maximum atomic E-state index is 10.9. The average molecular weight is 253 g/mol. The van der Waals surface area contributed by atoms with E-state index in [4.69, 9.17) is 27.8 Å². The predicted octanol–water partition coefficient (Wildman–Crippen LogP) is 2.88. The minimum Gasteiger partial charge on any atom is -0.282 e. The highest BCUT2D eigenvalue weighted by molar-refractivity contribution is 7.86. The lowest BCUT2D eigenvalue weighted by atomic mass is 10.2. The second-order valence-electron chi connectivity index (χ2n) is 2.45. The van der Waals surface area contributed by atoms with Crippen LogP contribution in [-0.2, 0) is 10.1 Å². The Bertz CT molecular complexity index is 480. The highest BCUT2D eigenvalue weighted by Crippen LogP contribution is 2.31. The van der Waals surface area contributed by atoms with Crippen molar-refractivity contribution in [2.75, 3.05) is 0 Å². The molecule has 1 rings (SSSR count). The summed E-state index contributed by atoms with van der Waals surface area (Å²) < 4.78 is 30.6. The van der Waals surface area contributed by atoms with E-state index in [0.717, 1.165) is 0 Å². The van der Waals surface area contributed by atoms with Crippen LogP contribution in [0, 0.1) is 0 Å². The third kappa shape index (κ3) is 2.09. The Balaban J connectivity index is 3.63. The Hall–Kier alpha value is -0.550. The maximum absolute atomic E-state index is 10.9. The first-order valence-electron chi connectivity index (χ1n) is 3.46. The molecule has 1 aromatic carbocycles. The van der Waals surface area contributed by atoms with Gasteiger partial charge in [0.05, 0.1) is 10.0 Å². The maximum Gasteiger partial charge on any atom is 0.295 e. The number of hydrogen-bond acceptors (Lipinski definition) is 2. The Kier molecular flexibility index (Phi) is 3.21. The number of benzene rings is 1. The summed E-state index contributed by atoms with van der Waals surface area (Å²) >= 11 is 11.4. The quantitative estimate of drug-likeness (QED) is 0.824. The molecule has 1 N–H and O–H groups in total. The molecule has 0 aliphatic rings. The molecule has 6 heteroatoms. The van der Waals surface area contributed by atoms with Crippen molar-refractivity contribution in [2.24, 2.45) is 0 Å². The van der Waals surface area contributed by atoms with Gasteiger partial charge >= 0.3 is 0 Å². The van der Waals surface area contributed by atoms with Crippen LogP contribution < -0.4 is 0 Å². The predicted molar refractivity (Wildman–Crippen MR) is 56.4 cm³/mol. The van der Waals surface area contributed by atoms with Gasteiger partial charge in [-0.05, 0) is 12.1 Å². The molecule has 0 aliphatic carbocycles. The van der Waals surface area contributed by atoms with Gasteiger partial charge < -0.3 is 0 Å². The van der Waals surface area contributed by atoms with Crippen LogP contribution in [0.25, 0.3) is 6.08 Å². The minimum absolute atomic E-state index is 0.0526. The normalized spacial score (nSPS) is 11.4. The van der Waals surface area contributed by atoms with Crippen molar-refractivity contribution < 1.29 is 13.0 Å². The monoisotopic (exact) mass is 252 g/mol. The fourth-order valence-electron chi connectivity index (χ4n) is 0.964. The standard InChI is InChI=1S/C8H6Cl2O3S/c1-2-5-7(14(11,12)13)4-3-6(9)8(5)10/h2-4H,1H2,(H,11,12,13). The van der Waals surface area contributed by atoms with Crippen molar-refractivity contribution in [1.29, 1.82) is 0 Å². The summed E-state index contributed by atoms with van der Waals surface area (Å²) in [6.07, 6.45) is 1.22. The molecule has 1 aromatic rings. The molecule has 0 fully saturated rings. The fourth-order valence-corrected chi connectivity index (χ4v) is 2.13. The van der Waals surface area contributed by atoms with Crippen LogP contribution in [0.5, 0.6) is 0 Å².